The van der Waals surface area contributed by atoms with E-state index < -0.39 is 11.6 Å². The number of benzene rings is 1. The van der Waals surface area contributed by atoms with Gasteiger partial charge in [0.2, 0.25) is 0 Å². The summed E-state index contributed by atoms with van der Waals surface area (Å²) in [5.41, 5.74) is 6.84. The van der Waals surface area contributed by atoms with Gasteiger partial charge in [-0.1, -0.05) is 6.42 Å². The number of halogens is 2. The molecule has 2 saturated carbocycles. The Morgan fingerprint density at radius 1 is 1.12 bits per heavy atom. The number of hydrogen-bond donors (Lipinski definition) is 1. The Kier molecular flexibility index (Phi) is 2.66. The van der Waals surface area contributed by atoms with Crippen LogP contribution in [0.2, 0.25) is 0 Å². The fourth-order valence-corrected chi connectivity index (χ4v) is 3.65. The van der Waals surface area contributed by atoms with Crippen LogP contribution in [-0.4, -0.2) is 6.04 Å². The first-order chi connectivity index (χ1) is 8.15. The van der Waals surface area contributed by atoms with Gasteiger partial charge in [0.15, 0.2) is 0 Å². The standard InChI is InChI=1S/C14H17F2N/c15-9-4-8(5-10(16)7-9)6-13(17)14-11-2-1-3-12(11)14/h4-5,7,11-14H,1-3,6,17H2. The molecule has 17 heavy (non-hydrogen) atoms. The van der Waals surface area contributed by atoms with E-state index >= 15 is 0 Å². The van der Waals surface area contributed by atoms with Crippen molar-refractivity contribution in [3.8, 4) is 0 Å². The van der Waals surface area contributed by atoms with E-state index in [-0.39, 0.29) is 6.04 Å². The smallest absolute Gasteiger partial charge is 0.126 e. The van der Waals surface area contributed by atoms with Gasteiger partial charge < -0.3 is 5.73 Å². The second-order valence-corrected chi connectivity index (χ2v) is 5.48. The van der Waals surface area contributed by atoms with Gasteiger partial charge >= 0.3 is 0 Å². The van der Waals surface area contributed by atoms with Gasteiger partial charge in [0.1, 0.15) is 11.6 Å². The molecular weight excluding hydrogens is 220 g/mol. The van der Waals surface area contributed by atoms with Gasteiger partial charge in [-0.2, -0.15) is 0 Å². The Morgan fingerprint density at radius 3 is 2.29 bits per heavy atom. The van der Waals surface area contributed by atoms with Crippen molar-refractivity contribution in [1.82, 2.24) is 0 Å². The van der Waals surface area contributed by atoms with Gasteiger partial charge in [-0.05, 0) is 54.7 Å². The van der Waals surface area contributed by atoms with Crippen molar-refractivity contribution < 1.29 is 8.78 Å². The van der Waals surface area contributed by atoms with Gasteiger partial charge in [-0.3, -0.25) is 0 Å². The molecule has 1 aromatic rings. The lowest BCUT2D eigenvalue weighted by molar-refractivity contribution is 0.481. The maximum atomic E-state index is 13.0. The number of nitrogens with two attached hydrogens (primary N) is 1. The van der Waals surface area contributed by atoms with E-state index in [9.17, 15) is 8.78 Å². The fourth-order valence-electron chi connectivity index (χ4n) is 3.65. The zero-order valence-electron chi connectivity index (χ0n) is 9.70. The van der Waals surface area contributed by atoms with Crippen LogP contribution in [-0.2, 0) is 6.42 Å². The van der Waals surface area contributed by atoms with E-state index in [0.29, 0.717) is 17.9 Å². The minimum absolute atomic E-state index is 0.0616. The van der Waals surface area contributed by atoms with Gasteiger partial charge in [0, 0.05) is 12.1 Å². The second-order valence-electron chi connectivity index (χ2n) is 5.48. The molecule has 0 aliphatic heterocycles. The Balaban J connectivity index is 1.66. The molecule has 0 aromatic heterocycles. The Morgan fingerprint density at radius 2 is 1.71 bits per heavy atom. The summed E-state index contributed by atoms with van der Waals surface area (Å²) in [5.74, 6) is 1.16. The first kappa shape index (κ1) is 11.1. The monoisotopic (exact) mass is 237 g/mol. The van der Waals surface area contributed by atoms with E-state index in [1.807, 2.05) is 0 Å². The molecule has 3 atom stereocenters. The van der Waals surface area contributed by atoms with Gasteiger partial charge in [-0.25, -0.2) is 8.78 Å². The van der Waals surface area contributed by atoms with Crippen molar-refractivity contribution in [1.29, 1.82) is 0 Å². The van der Waals surface area contributed by atoms with Crippen LogP contribution in [0.3, 0.4) is 0 Å². The third-order valence-electron chi connectivity index (χ3n) is 4.36. The summed E-state index contributed by atoms with van der Waals surface area (Å²) in [6, 6.07) is 3.75. The molecule has 0 saturated heterocycles. The largest absolute Gasteiger partial charge is 0.327 e. The van der Waals surface area contributed by atoms with Crippen molar-refractivity contribution in [3.05, 3.63) is 35.4 Å². The number of hydrogen-bond acceptors (Lipinski definition) is 1. The highest BCUT2D eigenvalue weighted by molar-refractivity contribution is 5.20. The normalized spacial score (nSPS) is 32.3. The highest BCUT2D eigenvalue weighted by Crippen LogP contribution is 2.58. The van der Waals surface area contributed by atoms with E-state index in [1.54, 1.807) is 0 Å². The highest BCUT2D eigenvalue weighted by Gasteiger charge is 2.54. The highest BCUT2D eigenvalue weighted by atomic mass is 19.1. The van der Waals surface area contributed by atoms with Crippen LogP contribution in [0.5, 0.6) is 0 Å². The lowest BCUT2D eigenvalue weighted by Gasteiger charge is -2.13. The zero-order chi connectivity index (χ0) is 12.0. The van der Waals surface area contributed by atoms with Crippen molar-refractivity contribution in [3.63, 3.8) is 0 Å². The summed E-state index contributed by atoms with van der Waals surface area (Å²) in [5, 5.41) is 0. The quantitative estimate of drug-likeness (QED) is 0.859. The number of rotatable bonds is 3. The van der Waals surface area contributed by atoms with Crippen LogP contribution in [0.15, 0.2) is 18.2 Å². The minimum atomic E-state index is -0.511. The third-order valence-corrected chi connectivity index (χ3v) is 4.36. The van der Waals surface area contributed by atoms with Crippen molar-refractivity contribution in [2.75, 3.05) is 0 Å². The summed E-state index contributed by atoms with van der Waals surface area (Å²) >= 11 is 0. The van der Waals surface area contributed by atoms with E-state index in [4.69, 9.17) is 5.73 Å². The first-order valence-electron chi connectivity index (χ1n) is 6.35. The predicted octanol–water partition coefficient (Wildman–Crippen LogP) is 2.88. The van der Waals surface area contributed by atoms with Crippen LogP contribution in [0.1, 0.15) is 24.8 Å². The van der Waals surface area contributed by atoms with E-state index in [0.717, 1.165) is 17.9 Å². The molecule has 3 rings (SSSR count). The summed E-state index contributed by atoms with van der Waals surface area (Å²) in [6.45, 7) is 0. The van der Waals surface area contributed by atoms with Crippen LogP contribution < -0.4 is 5.73 Å². The molecule has 92 valence electrons. The molecule has 0 bridgehead atoms. The first-order valence-corrected chi connectivity index (χ1v) is 6.35. The molecule has 2 aliphatic rings. The summed E-state index contributed by atoms with van der Waals surface area (Å²) in [6.07, 6.45) is 4.50. The zero-order valence-corrected chi connectivity index (χ0v) is 9.70. The lowest BCUT2D eigenvalue weighted by atomic mass is 9.98. The van der Waals surface area contributed by atoms with Crippen LogP contribution >= 0.6 is 0 Å². The molecule has 1 aromatic carbocycles. The fraction of sp³-hybridized carbons (Fsp3) is 0.571. The molecule has 1 nitrogen and oxygen atoms in total. The molecule has 0 heterocycles. The lowest BCUT2D eigenvalue weighted by Crippen LogP contribution is -2.27. The minimum Gasteiger partial charge on any atom is -0.327 e. The molecule has 0 amide bonds. The summed E-state index contributed by atoms with van der Waals surface area (Å²) in [7, 11) is 0. The average molecular weight is 237 g/mol. The van der Waals surface area contributed by atoms with Gasteiger partial charge in [-0.15, -0.1) is 0 Å². The average Bonchev–Trinajstić information content (AvgIpc) is 2.72. The maximum Gasteiger partial charge on any atom is 0.126 e. The maximum absolute atomic E-state index is 13.0. The third kappa shape index (κ3) is 2.08. The Labute approximate surface area is 100 Å². The molecule has 0 radical (unpaired) electrons. The summed E-state index contributed by atoms with van der Waals surface area (Å²) in [4.78, 5) is 0. The topological polar surface area (TPSA) is 26.0 Å². The van der Waals surface area contributed by atoms with Crippen molar-refractivity contribution >= 4 is 0 Å². The molecule has 3 heteroatoms. The SMILES string of the molecule is NC(Cc1cc(F)cc(F)c1)C1C2CCCC21. The molecule has 0 spiro atoms. The molecule has 3 unspecified atom stereocenters. The van der Waals surface area contributed by atoms with E-state index in [2.05, 4.69) is 0 Å². The molecule has 2 N–H and O–H groups in total. The van der Waals surface area contributed by atoms with Crippen LogP contribution in [0, 0.1) is 29.4 Å². The van der Waals surface area contributed by atoms with Gasteiger partial charge in [0.05, 0.1) is 0 Å². The predicted molar refractivity (Wildman–Crippen MR) is 62.4 cm³/mol. The van der Waals surface area contributed by atoms with Gasteiger partial charge in [0.25, 0.3) is 0 Å². The summed E-state index contributed by atoms with van der Waals surface area (Å²) < 4.78 is 26.1. The Hall–Kier alpha value is -0.960. The molecular formula is C14H17F2N. The van der Waals surface area contributed by atoms with Crippen LogP contribution in [0.25, 0.3) is 0 Å². The molecule has 2 fully saturated rings. The Bertz CT molecular complexity index is 402. The van der Waals surface area contributed by atoms with E-state index in [1.165, 1.54) is 31.4 Å². The van der Waals surface area contributed by atoms with Crippen molar-refractivity contribution in [2.24, 2.45) is 23.5 Å². The van der Waals surface area contributed by atoms with Crippen LogP contribution in [0.4, 0.5) is 8.78 Å². The second kappa shape index (κ2) is 4.05. The number of fused-ring (bicyclic) bond motifs is 1. The van der Waals surface area contributed by atoms with Crippen molar-refractivity contribution in [2.45, 2.75) is 31.7 Å². The molecule has 2 aliphatic carbocycles.